The van der Waals surface area contributed by atoms with Crippen molar-refractivity contribution in [2.24, 2.45) is 5.41 Å². The van der Waals surface area contributed by atoms with Gasteiger partial charge in [-0.05, 0) is 31.4 Å². The van der Waals surface area contributed by atoms with Crippen LogP contribution in [0.5, 0.6) is 0 Å². The van der Waals surface area contributed by atoms with E-state index >= 15 is 0 Å². The number of amides is 1. The zero-order chi connectivity index (χ0) is 14.8. The normalized spacial score (nSPS) is 16.3. The van der Waals surface area contributed by atoms with E-state index in [0.29, 0.717) is 0 Å². The molecule has 110 valence electrons. The molecular weight excluding hydrogens is 248 g/mol. The molecule has 1 aliphatic heterocycles. The molecule has 1 aromatic rings. The lowest BCUT2D eigenvalue weighted by Crippen LogP contribution is -2.51. The molecular formula is C17H26N2O. The van der Waals surface area contributed by atoms with Crippen molar-refractivity contribution in [3.63, 3.8) is 0 Å². The van der Waals surface area contributed by atoms with Gasteiger partial charge in [0.05, 0.1) is 0 Å². The first-order chi connectivity index (χ1) is 9.40. The fourth-order valence-corrected chi connectivity index (χ4v) is 2.84. The smallest absolute Gasteiger partial charge is 0.228 e. The van der Waals surface area contributed by atoms with Crippen LogP contribution in [0.1, 0.15) is 30.5 Å². The van der Waals surface area contributed by atoms with Crippen LogP contribution >= 0.6 is 0 Å². The van der Waals surface area contributed by atoms with Gasteiger partial charge in [-0.15, -0.1) is 0 Å². The summed E-state index contributed by atoms with van der Waals surface area (Å²) >= 11 is 0. The predicted molar refractivity (Wildman–Crippen MR) is 82.9 cm³/mol. The lowest BCUT2D eigenvalue weighted by Gasteiger charge is -2.35. The Kier molecular flexibility index (Phi) is 4.48. The minimum absolute atomic E-state index is 0.278. The van der Waals surface area contributed by atoms with E-state index in [-0.39, 0.29) is 11.3 Å². The van der Waals surface area contributed by atoms with E-state index in [1.165, 1.54) is 16.7 Å². The number of nitrogens with one attached hydrogen (secondary N) is 1. The van der Waals surface area contributed by atoms with Crippen LogP contribution in [0.15, 0.2) is 18.2 Å². The maximum absolute atomic E-state index is 12.7. The van der Waals surface area contributed by atoms with Crippen LogP contribution in [0.2, 0.25) is 0 Å². The van der Waals surface area contributed by atoms with Crippen LogP contribution in [0, 0.1) is 19.3 Å². The highest BCUT2D eigenvalue weighted by Gasteiger charge is 2.33. The van der Waals surface area contributed by atoms with E-state index in [4.69, 9.17) is 0 Å². The summed E-state index contributed by atoms with van der Waals surface area (Å²) in [7, 11) is 0. The van der Waals surface area contributed by atoms with Gasteiger partial charge in [-0.2, -0.15) is 0 Å². The third-order valence-electron chi connectivity index (χ3n) is 4.12. The molecule has 1 aliphatic rings. The molecule has 20 heavy (non-hydrogen) atoms. The van der Waals surface area contributed by atoms with Crippen LogP contribution in [0.25, 0.3) is 0 Å². The standard InChI is InChI=1S/C17H26N2O/c1-13-5-6-14(2)15(11-13)12-17(3,4)16(20)19-9-7-18-8-10-19/h5-6,11,18H,7-10,12H2,1-4H3. The number of aryl methyl sites for hydroxylation is 2. The van der Waals surface area contributed by atoms with Crippen LogP contribution in [-0.2, 0) is 11.2 Å². The first kappa shape index (κ1) is 15.0. The van der Waals surface area contributed by atoms with Gasteiger partial charge >= 0.3 is 0 Å². The molecule has 0 spiro atoms. The third kappa shape index (κ3) is 3.40. The molecule has 0 aromatic heterocycles. The molecule has 1 N–H and O–H groups in total. The molecule has 1 aromatic carbocycles. The number of piperazine rings is 1. The summed E-state index contributed by atoms with van der Waals surface area (Å²) < 4.78 is 0. The largest absolute Gasteiger partial charge is 0.340 e. The minimum atomic E-state index is -0.337. The maximum Gasteiger partial charge on any atom is 0.228 e. The minimum Gasteiger partial charge on any atom is -0.340 e. The van der Waals surface area contributed by atoms with Gasteiger partial charge in [0.15, 0.2) is 0 Å². The molecule has 2 rings (SSSR count). The first-order valence-corrected chi connectivity index (χ1v) is 7.46. The van der Waals surface area contributed by atoms with Gasteiger partial charge in [0.25, 0.3) is 0 Å². The van der Waals surface area contributed by atoms with Gasteiger partial charge in [0.1, 0.15) is 0 Å². The second-order valence-electron chi connectivity index (χ2n) is 6.53. The van der Waals surface area contributed by atoms with Crippen molar-refractivity contribution in [2.75, 3.05) is 26.2 Å². The summed E-state index contributed by atoms with van der Waals surface area (Å²) in [6, 6.07) is 6.49. The summed E-state index contributed by atoms with van der Waals surface area (Å²) in [4.78, 5) is 14.7. The van der Waals surface area contributed by atoms with Crippen molar-refractivity contribution in [2.45, 2.75) is 34.1 Å². The fourth-order valence-electron chi connectivity index (χ4n) is 2.84. The zero-order valence-electron chi connectivity index (χ0n) is 13.1. The first-order valence-electron chi connectivity index (χ1n) is 7.46. The average molecular weight is 274 g/mol. The van der Waals surface area contributed by atoms with E-state index in [9.17, 15) is 4.79 Å². The summed E-state index contributed by atoms with van der Waals surface area (Å²) in [6.45, 7) is 11.8. The number of carbonyl (C=O) groups is 1. The summed E-state index contributed by atoms with van der Waals surface area (Å²) in [5, 5.41) is 3.29. The molecule has 0 aliphatic carbocycles. The zero-order valence-corrected chi connectivity index (χ0v) is 13.1. The highest BCUT2D eigenvalue weighted by Crippen LogP contribution is 2.27. The Hall–Kier alpha value is -1.35. The van der Waals surface area contributed by atoms with Crippen LogP contribution in [0.4, 0.5) is 0 Å². The summed E-state index contributed by atoms with van der Waals surface area (Å²) in [6.07, 6.45) is 0.809. The second kappa shape index (κ2) is 5.96. The molecule has 1 amide bonds. The number of nitrogens with zero attached hydrogens (tertiary/aromatic N) is 1. The quantitative estimate of drug-likeness (QED) is 0.917. The van der Waals surface area contributed by atoms with E-state index < -0.39 is 0 Å². The van der Waals surface area contributed by atoms with Gasteiger partial charge in [-0.1, -0.05) is 37.6 Å². The topological polar surface area (TPSA) is 32.3 Å². The number of carbonyl (C=O) groups excluding carboxylic acids is 1. The van der Waals surface area contributed by atoms with E-state index in [1.807, 2.05) is 4.90 Å². The Balaban J connectivity index is 2.13. The molecule has 1 fully saturated rings. The van der Waals surface area contributed by atoms with Crippen molar-refractivity contribution in [3.8, 4) is 0 Å². The fraction of sp³-hybridized carbons (Fsp3) is 0.588. The van der Waals surface area contributed by atoms with Gasteiger partial charge < -0.3 is 10.2 Å². The van der Waals surface area contributed by atoms with Gasteiger partial charge in [-0.25, -0.2) is 0 Å². The SMILES string of the molecule is Cc1ccc(C)c(CC(C)(C)C(=O)N2CCNCC2)c1. The van der Waals surface area contributed by atoms with E-state index in [0.717, 1.165) is 32.6 Å². The average Bonchev–Trinajstić information content (AvgIpc) is 2.43. The molecule has 3 nitrogen and oxygen atoms in total. The molecule has 0 unspecified atom stereocenters. The molecule has 1 heterocycles. The van der Waals surface area contributed by atoms with Gasteiger partial charge in [0, 0.05) is 31.6 Å². The van der Waals surface area contributed by atoms with Crippen molar-refractivity contribution in [1.29, 1.82) is 0 Å². The molecule has 0 saturated carbocycles. The monoisotopic (exact) mass is 274 g/mol. The second-order valence-corrected chi connectivity index (χ2v) is 6.53. The molecule has 0 radical (unpaired) electrons. The molecule has 1 saturated heterocycles. The molecule has 3 heteroatoms. The van der Waals surface area contributed by atoms with Crippen LogP contribution < -0.4 is 5.32 Å². The van der Waals surface area contributed by atoms with Gasteiger partial charge in [0.2, 0.25) is 5.91 Å². The van der Waals surface area contributed by atoms with Crippen LogP contribution in [0.3, 0.4) is 0 Å². The summed E-state index contributed by atoms with van der Waals surface area (Å²) in [5.74, 6) is 0.278. The Bertz CT molecular complexity index is 488. The van der Waals surface area contributed by atoms with E-state index in [2.05, 4.69) is 51.2 Å². The Morgan fingerprint density at radius 2 is 1.90 bits per heavy atom. The van der Waals surface area contributed by atoms with Gasteiger partial charge in [-0.3, -0.25) is 4.79 Å². The van der Waals surface area contributed by atoms with Crippen molar-refractivity contribution in [1.82, 2.24) is 10.2 Å². The Morgan fingerprint density at radius 3 is 2.55 bits per heavy atom. The number of benzene rings is 1. The molecule has 0 atom stereocenters. The van der Waals surface area contributed by atoms with Crippen LogP contribution in [-0.4, -0.2) is 37.0 Å². The van der Waals surface area contributed by atoms with Crippen molar-refractivity contribution >= 4 is 5.91 Å². The lowest BCUT2D eigenvalue weighted by molar-refractivity contribution is -0.140. The lowest BCUT2D eigenvalue weighted by atomic mass is 9.82. The Morgan fingerprint density at radius 1 is 1.25 bits per heavy atom. The number of rotatable bonds is 3. The maximum atomic E-state index is 12.7. The van der Waals surface area contributed by atoms with Crippen molar-refractivity contribution < 1.29 is 4.79 Å². The molecule has 0 bridgehead atoms. The number of hydrogen-bond acceptors (Lipinski definition) is 2. The Labute approximate surface area is 122 Å². The summed E-state index contributed by atoms with van der Waals surface area (Å²) in [5.41, 5.74) is 3.49. The van der Waals surface area contributed by atoms with E-state index in [1.54, 1.807) is 0 Å². The van der Waals surface area contributed by atoms with Crippen molar-refractivity contribution in [3.05, 3.63) is 34.9 Å². The predicted octanol–water partition coefficient (Wildman–Crippen LogP) is 2.30. The highest BCUT2D eigenvalue weighted by atomic mass is 16.2. The third-order valence-corrected chi connectivity index (χ3v) is 4.12. The highest BCUT2D eigenvalue weighted by molar-refractivity contribution is 5.82. The number of hydrogen-bond donors (Lipinski definition) is 1.